The fraction of sp³-hybridized carbons (Fsp3) is 0.292. The van der Waals surface area contributed by atoms with E-state index in [0.29, 0.717) is 18.2 Å². The standard InChI is InChI=1S/C24H25N5O2/c1-18-2-7-23-26-20(15-29(23)14-18)16-31-22-5-3-19(4-6-22)24(30)27-11-8-21(9-12-27)28-13-10-25-17-28/h2-7,10,13-15,17,21H,8-9,11-12,16H2,1H3. The van der Waals surface area contributed by atoms with Crippen LogP contribution in [0.3, 0.4) is 0 Å². The molecule has 158 valence electrons. The largest absolute Gasteiger partial charge is 0.487 e. The minimum Gasteiger partial charge on any atom is -0.487 e. The lowest BCUT2D eigenvalue weighted by atomic mass is 10.0. The van der Waals surface area contributed by atoms with Crippen molar-refractivity contribution in [3.63, 3.8) is 0 Å². The van der Waals surface area contributed by atoms with E-state index in [1.165, 1.54) is 5.56 Å². The van der Waals surface area contributed by atoms with Crippen LogP contribution in [0.1, 0.15) is 40.5 Å². The molecule has 1 fully saturated rings. The van der Waals surface area contributed by atoms with Crippen molar-refractivity contribution in [1.82, 2.24) is 23.8 Å². The highest BCUT2D eigenvalue weighted by molar-refractivity contribution is 5.94. The summed E-state index contributed by atoms with van der Waals surface area (Å²) in [6.07, 6.45) is 11.6. The number of hydrogen-bond acceptors (Lipinski definition) is 4. The number of fused-ring (bicyclic) bond motifs is 1. The van der Waals surface area contributed by atoms with Gasteiger partial charge in [-0.2, -0.15) is 0 Å². The van der Waals surface area contributed by atoms with Gasteiger partial charge in [0.1, 0.15) is 18.0 Å². The zero-order valence-corrected chi connectivity index (χ0v) is 17.5. The number of rotatable bonds is 5. The third-order valence-electron chi connectivity index (χ3n) is 5.84. The summed E-state index contributed by atoms with van der Waals surface area (Å²) >= 11 is 0. The second kappa shape index (κ2) is 8.26. The Hall–Kier alpha value is -3.61. The summed E-state index contributed by atoms with van der Waals surface area (Å²) in [5, 5.41) is 0. The number of carbonyl (C=O) groups is 1. The number of benzene rings is 1. The van der Waals surface area contributed by atoms with Crippen LogP contribution in [0.25, 0.3) is 5.65 Å². The molecule has 0 aliphatic carbocycles. The zero-order valence-electron chi connectivity index (χ0n) is 17.5. The average Bonchev–Trinajstić information content (AvgIpc) is 3.47. The number of nitrogens with zero attached hydrogens (tertiary/aromatic N) is 5. The lowest BCUT2D eigenvalue weighted by Gasteiger charge is -2.32. The van der Waals surface area contributed by atoms with Crippen molar-refractivity contribution in [2.75, 3.05) is 13.1 Å². The highest BCUT2D eigenvalue weighted by Gasteiger charge is 2.24. The van der Waals surface area contributed by atoms with Crippen LogP contribution >= 0.6 is 0 Å². The molecule has 5 rings (SSSR count). The van der Waals surface area contributed by atoms with Gasteiger partial charge in [-0.15, -0.1) is 0 Å². The average molecular weight is 415 g/mol. The van der Waals surface area contributed by atoms with E-state index in [4.69, 9.17) is 4.74 Å². The van der Waals surface area contributed by atoms with Crippen molar-refractivity contribution in [3.05, 3.63) is 84.3 Å². The fourth-order valence-corrected chi connectivity index (χ4v) is 4.11. The molecule has 0 bridgehead atoms. The Labute approximate surface area is 180 Å². The van der Waals surface area contributed by atoms with Gasteiger partial charge in [0.15, 0.2) is 0 Å². The SMILES string of the molecule is Cc1ccc2nc(COc3ccc(C(=O)N4CCC(n5ccnc5)CC4)cc3)cn2c1. The number of hydrogen-bond donors (Lipinski definition) is 0. The zero-order chi connectivity index (χ0) is 21.2. The molecule has 0 spiro atoms. The van der Waals surface area contributed by atoms with Gasteiger partial charge in [0.25, 0.3) is 5.91 Å². The Bertz CT molecular complexity index is 1170. The third-order valence-corrected chi connectivity index (χ3v) is 5.84. The van der Waals surface area contributed by atoms with Crippen molar-refractivity contribution < 1.29 is 9.53 Å². The van der Waals surface area contributed by atoms with E-state index < -0.39 is 0 Å². The normalized spacial score (nSPS) is 14.8. The second-order valence-electron chi connectivity index (χ2n) is 8.05. The van der Waals surface area contributed by atoms with Gasteiger partial charge in [-0.1, -0.05) is 6.07 Å². The molecule has 1 aliphatic heterocycles. The van der Waals surface area contributed by atoms with E-state index in [1.54, 1.807) is 6.20 Å². The maximum absolute atomic E-state index is 12.9. The molecule has 3 aromatic heterocycles. The molecule has 1 saturated heterocycles. The van der Waals surface area contributed by atoms with Crippen molar-refractivity contribution >= 4 is 11.6 Å². The van der Waals surface area contributed by atoms with Gasteiger partial charge >= 0.3 is 0 Å². The molecule has 4 heterocycles. The molecule has 1 amide bonds. The van der Waals surface area contributed by atoms with Crippen LogP contribution in [0.4, 0.5) is 0 Å². The van der Waals surface area contributed by atoms with Crippen LogP contribution in [0.15, 0.2) is 67.5 Å². The smallest absolute Gasteiger partial charge is 0.253 e. The molecule has 4 aromatic rings. The molecule has 0 unspecified atom stereocenters. The van der Waals surface area contributed by atoms with E-state index >= 15 is 0 Å². The number of carbonyl (C=O) groups excluding carboxylic acids is 1. The molecule has 7 nitrogen and oxygen atoms in total. The number of likely N-dealkylation sites (tertiary alicyclic amines) is 1. The Balaban J connectivity index is 1.17. The number of aryl methyl sites for hydroxylation is 1. The Morgan fingerprint density at radius 1 is 1.10 bits per heavy atom. The Morgan fingerprint density at radius 2 is 1.90 bits per heavy atom. The maximum atomic E-state index is 12.9. The number of aromatic nitrogens is 4. The predicted molar refractivity (Wildman–Crippen MR) is 117 cm³/mol. The van der Waals surface area contributed by atoms with Gasteiger partial charge in [0.2, 0.25) is 0 Å². The van der Waals surface area contributed by atoms with Gasteiger partial charge in [0.05, 0.1) is 12.0 Å². The molecule has 0 radical (unpaired) electrons. The third kappa shape index (κ3) is 4.17. The van der Waals surface area contributed by atoms with Crippen molar-refractivity contribution in [2.24, 2.45) is 0 Å². The first-order valence-electron chi connectivity index (χ1n) is 10.6. The number of amides is 1. The minimum absolute atomic E-state index is 0.0753. The summed E-state index contributed by atoms with van der Waals surface area (Å²) < 4.78 is 10.0. The van der Waals surface area contributed by atoms with Crippen LogP contribution in [0.2, 0.25) is 0 Å². The molecule has 1 aromatic carbocycles. The number of piperidine rings is 1. The van der Waals surface area contributed by atoms with Gasteiger partial charge in [-0.3, -0.25) is 4.79 Å². The highest BCUT2D eigenvalue weighted by Crippen LogP contribution is 2.24. The first-order chi connectivity index (χ1) is 15.2. The van der Waals surface area contributed by atoms with Crippen molar-refractivity contribution in [1.29, 1.82) is 0 Å². The monoisotopic (exact) mass is 415 g/mol. The first-order valence-corrected chi connectivity index (χ1v) is 10.6. The van der Waals surface area contributed by atoms with E-state index in [2.05, 4.69) is 21.5 Å². The minimum atomic E-state index is 0.0753. The van der Waals surface area contributed by atoms with Crippen LogP contribution in [0.5, 0.6) is 5.75 Å². The summed E-state index contributed by atoms with van der Waals surface area (Å²) in [6.45, 7) is 3.96. The van der Waals surface area contributed by atoms with Gasteiger partial charge in [-0.05, 0) is 55.7 Å². The number of imidazole rings is 2. The number of pyridine rings is 1. The maximum Gasteiger partial charge on any atom is 0.253 e. The van der Waals surface area contributed by atoms with Crippen molar-refractivity contribution in [3.8, 4) is 5.75 Å². The fourth-order valence-electron chi connectivity index (χ4n) is 4.11. The number of ether oxygens (including phenoxy) is 1. The first kappa shape index (κ1) is 19.4. The van der Waals surface area contributed by atoms with E-state index in [0.717, 1.165) is 43.0 Å². The van der Waals surface area contributed by atoms with Gasteiger partial charge in [0, 0.05) is 49.5 Å². The predicted octanol–water partition coefficient (Wildman–Crippen LogP) is 3.90. The topological polar surface area (TPSA) is 64.7 Å². The van der Waals surface area contributed by atoms with Crippen molar-refractivity contribution in [2.45, 2.75) is 32.4 Å². The lowest BCUT2D eigenvalue weighted by molar-refractivity contribution is 0.0694. The molecule has 0 atom stereocenters. The summed E-state index contributed by atoms with van der Waals surface area (Å²) in [5.41, 5.74) is 3.65. The molecule has 0 N–H and O–H groups in total. The molecule has 7 heteroatoms. The van der Waals surface area contributed by atoms with E-state index in [1.807, 2.05) is 70.6 Å². The van der Waals surface area contributed by atoms with Crippen LogP contribution in [-0.2, 0) is 6.61 Å². The Morgan fingerprint density at radius 3 is 2.65 bits per heavy atom. The Kier molecular flexibility index (Phi) is 5.16. The van der Waals surface area contributed by atoms with E-state index in [-0.39, 0.29) is 5.91 Å². The summed E-state index contributed by atoms with van der Waals surface area (Å²) in [6, 6.07) is 11.8. The lowest BCUT2D eigenvalue weighted by Crippen LogP contribution is -2.38. The summed E-state index contributed by atoms with van der Waals surface area (Å²) in [5.74, 6) is 0.801. The van der Waals surface area contributed by atoms with Gasteiger partial charge < -0.3 is 18.6 Å². The quantitative estimate of drug-likeness (QED) is 0.496. The second-order valence-corrected chi connectivity index (χ2v) is 8.05. The molecular weight excluding hydrogens is 390 g/mol. The molecular formula is C24H25N5O2. The molecule has 1 aliphatic rings. The summed E-state index contributed by atoms with van der Waals surface area (Å²) in [7, 11) is 0. The van der Waals surface area contributed by atoms with E-state index in [9.17, 15) is 4.79 Å². The highest BCUT2D eigenvalue weighted by atomic mass is 16.5. The summed E-state index contributed by atoms with van der Waals surface area (Å²) in [4.78, 5) is 23.5. The van der Waals surface area contributed by atoms with Crippen LogP contribution in [0, 0.1) is 6.92 Å². The molecule has 0 saturated carbocycles. The van der Waals surface area contributed by atoms with Crippen LogP contribution in [-0.4, -0.2) is 42.8 Å². The van der Waals surface area contributed by atoms with Gasteiger partial charge in [-0.25, -0.2) is 9.97 Å². The van der Waals surface area contributed by atoms with Crippen LogP contribution < -0.4 is 4.74 Å². The molecule has 31 heavy (non-hydrogen) atoms.